The summed E-state index contributed by atoms with van der Waals surface area (Å²) in [6.45, 7) is 1.27. The van der Waals surface area contributed by atoms with Crippen LogP contribution in [0.15, 0.2) is 51.7 Å². The van der Waals surface area contributed by atoms with Gasteiger partial charge in [-0.05, 0) is 55.5 Å². The van der Waals surface area contributed by atoms with Crippen LogP contribution in [0, 0.1) is 16.0 Å². The summed E-state index contributed by atoms with van der Waals surface area (Å²) in [6.07, 6.45) is 5.90. The van der Waals surface area contributed by atoms with Gasteiger partial charge in [0, 0.05) is 37.0 Å². The van der Waals surface area contributed by atoms with Crippen LogP contribution in [0.2, 0.25) is 0 Å². The number of rotatable bonds is 9. The standard InChI is InChI=1S/C23H26N4O5/c28-22(25-18-9-7-17(8-10-18)24-15-16-4-1-2-5-16)6-3-13-26-20-12-11-19(27(30)31)14-21(20)32-23(26)29/h7-12,14,16,24H,1-6,13,15H2,(H,25,28). The van der Waals surface area contributed by atoms with Gasteiger partial charge in [-0.15, -0.1) is 0 Å². The number of nitro groups is 1. The fraction of sp³-hybridized carbons (Fsp3) is 0.391. The van der Waals surface area contributed by atoms with Gasteiger partial charge in [-0.2, -0.15) is 0 Å². The first-order valence-corrected chi connectivity index (χ1v) is 10.9. The number of carbonyl (C=O) groups is 1. The Morgan fingerprint density at radius 3 is 2.56 bits per heavy atom. The summed E-state index contributed by atoms with van der Waals surface area (Å²) in [5.74, 6) is 0.0131. The number of oxazole rings is 1. The van der Waals surface area contributed by atoms with Crippen LogP contribution < -0.4 is 16.4 Å². The van der Waals surface area contributed by atoms with E-state index in [0.717, 1.165) is 23.8 Å². The highest BCUT2D eigenvalue weighted by Gasteiger charge is 2.15. The number of carbonyl (C=O) groups excluding carboxylic acids is 1. The van der Waals surface area contributed by atoms with E-state index in [0.29, 0.717) is 11.9 Å². The number of non-ortho nitro benzene ring substituents is 1. The Morgan fingerprint density at radius 1 is 1.12 bits per heavy atom. The van der Waals surface area contributed by atoms with E-state index in [4.69, 9.17) is 4.42 Å². The summed E-state index contributed by atoms with van der Waals surface area (Å²) in [5.41, 5.74) is 2.26. The van der Waals surface area contributed by atoms with Crippen molar-refractivity contribution in [1.29, 1.82) is 0 Å². The zero-order valence-electron chi connectivity index (χ0n) is 17.7. The van der Waals surface area contributed by atoms with Crippen LogP contribution in [0.3, 0.4) is 0 Å². The van der Waals surface area contributed by atoms with Crippen molar-refractivity contribution in [3.8, 4) is 0 Å². The van der Waals surface area contributed by atoms with Gasteiger partial charge in [-0.3, -0.25) is 19.5 Å². The molecule has 2 N–H and O–H groups in total. The van der Waals surface area contributed by atoms with Crippen LogP contribution in [0.25, 0.3) is 11.1 Å². The van der Waals surface area contributed by atoms with Gasteiger partial charge in [0.1, 0.15) is 0 Å². The summed E-state index contributed by atoms with van der Waals surface area (Å²) in [6, 6.07) is 11.7. The number of benzene rings is 2. The lowest BCUT2D eigenvalue weighted by molar-refractivity contribution is -0.384. The number of amides is 1. The van der Waals surface area contributed by atoms with Gasteiger partial charge in [-0.25, -0.2) is 4.79 Å². The minimum absolute atomic E-state index is 0.141. The second kappa shape index (κ2) is 9.67. The van der Waals surface area contributed by atoms with E-state index in [2.05, 4.69) is 10.6 Å². The second-order valence-electron chi connectivity index (χ2n) is 8.19. The zero-order chi connectivity index (χ0) is 22.5. The van der Waals surface area contributed by atoms with Crippen LogP contribution in [0.4, 0.5) is 17.1 Å². The average Bonchev–Trinajstić information content (AvgIpc) is 3.40. The van der Waals surface area contributed by atoms with Crippen LogP contribution in [0.1, 0.15) is 38.5 Å². The number of fused-ring (bicyclic) bond motifs is 1. The quantitative estimate of drug-likeness (QED) is 0.374. The molecule has 2 aromatic carbocycles. The molecule has 168 valence electrons. The van der Waals surface area contributed by atoms with Crippen molar-refractivity contribution in [2.75, 3.05) is 17.2 Å². The van der Waals surface area contributed by atoms with E-state index in [1.54, 1.807) is 0 Å². The van der Waals surface area contributed by atoms with E-state index < -0.39 is 10.7 Å². The molecular formula is C23H26N4O5. The van der Waals surface area contributed by atoms with Gasteiger partial charge in [0.05, 0.1) is 16.5 Å². The molecule has 0 bridgehead atoms. The Hall–Kier alpha value is -3.62. The maximum Gasteiger partial charge on any atom is 0.419 e. The summed E-state index contributed by atoms with van der Waals surface area (Å²) in [5, 5.41) is 17.2. The summed E-state index contributed by atoms with van der Waals surface area (Å²) >= 11 is 0. The van der Waals surface area contributed by atoms with Gasteiger partial charge < -0.3 is 15.1 Å². The highest BCUT2D eigenvalue weighted by atomic mass is 16.6. The lowest BCUT2D eigenvalue weighted by atomic mass is 10.1. The first-order chi connectivity index (χ1) is 15.5. The van der Waals surface area contributed by atoms with Gasteiger partial charge >= 0.3 is 5.76 Å². The largest absolute Gasteiger partial charge is 0.419 e. The Kier molecular flexibility index (Phi) is 6.53. The molecule has 1 fully saturated rings. The molecule has 1 saturated carbocycles. The van der Waals surface area contributed by atoms with Crippen molar-refractivity contribution in [3.05, 3.63) is 63.1 Å². The van der Waals surface area contributed by atoms with Crippen molar-refractivity contribution >= 4 is 34.1 Å². The van der Waals surface area contributed by atoms with E-state index in [1.165, 1.54) is 48.4 Å². The average molecular weight is 438 g/mol. The molecule has 32 heavy (non-hydrogen) atoms. The SMILES string of the molecule is O=C(CCCn1c(=O)oc2cc([N+](=O)[O-])ccc21)Nc1ccc(NCC2CCCC2)cc1. The molecule has 0 atom stereocenters. The molecule has 3 aromatic rings. The molecule has 1 heterocycles. The maximum atomic E-state index is 12.3. The smallest absolute Gasteiger partial charge is 0.407 e. The van der Waals surface area contributed by atoms with Gasteiger partial charge in [-0.1, -0.05) is 12.8 Å². The number of nitro benzene ring substituents is 1. The third-order valence-corrected chi connectivity index (χ3v) is 5.89. The number of anilines is 2. The third-order valence-electron chi connectivity index (χ3n) is 5.89. The molecule has 9 nitrogen and oxygen atoms in total. The topological polar surface area (TPSA) is 119 Å². The highest BCUT2D eigenvalue weighted by molar-refractivity contribution is 5.90. The molecule has 1 aromatic heterocycles. The molecule has 0 aliphatic heterocycles. The van der Waals surface area contributed by atoms with E-state index in [9.17, 15) is 19.7 Å². The molecule has 0 spiro atoms. The first kappa shape index (κ1) is 21.6. The summed E-state index contributed by atoms with van der Waals surface area (Å²) in [7, 11) is 0. The van der Waals surface area contributed by atoms with E-state index in [-0.39, 0.29) is 30.1 Å². The predicted octanol–water partition coefficient (Wildman–Crippen LogP) is 4.52. The summed E-state index contributed by atoms with van der Waals surface area (Å²) in [4.78, 5) is 34.7. The van der Waals surface area contributed by atoms with Crippen molar-refractivity contribution < 1.29 is 14.1 Å². The third kappa shape index (κ3) is 5.16. The maximum absolute atomic E-state index is 12.3. The lowest BCUT2D eigenvalue weighted by Gasteiger charge is -2.12. The molecule has 1 aliphatic rings. The van der Waals surface area contributed by atoms with E-state index in [1.807, 2.05) is 24.3 Å². The van der Waals surface area contributed by atoms with Gasteiger partial charge in [0.25, 0.3) is 5.69 Å². The van der Waals surface area contributed by atoms with Crippen LogP contribution in [-0.2, 0) is 11.3 Å². The molecule has 0 saturated heterocycles. The van der Waals surface area contributed by atoms with Crippen molar-refractivity contribution in [1.82, 2.24) is 4.57 Å². The molecule has 1 amide bonds. The Bertz CT molecular complexity index is 1160. The number of aryl methyl sites for hydroxylation is 1. The molecular weight excluding hydrogens is 412 g/mol. The van der Waals surface area contributed by atoms with Crippen LogP contribution in [-0.4, -0.2) is 21.9 Å². The second-order valence-corrected chi connectivity index (χ2v) is 8.19. The number of aromatic nitrogens is 1. The fourth-order valence-electron chi connectivity index (χ4n) is 4.15. The Labute approximate surface area is 184 Å². The monoisotopic (exact) mass is 438 g/mol. The highest BCUT2D eigenvalue weighted by Crippen LogP contribution is 2.25. The molecule has 0 unspecified atom stereocenters. The molecule has 9 heteroatoms. The van der Waals surface area contributed by atoms with Crippen LogP contribution in [0.5, 0.6) is 0 Å². The summed E-state index contributed by atoms with van der Waals surface area (Å²) < 4.78 is 6.49. The zero-order valence-corrected chi connectivity index (χ0v) is 17.7. The van der Waals surface area contributed by atoms with Crippen molar-refractivity contribution in [3.63, 3.8) is 0 Å². The van der Waals surface area contributed by atoms with Crippen LogP contribution >= 0.6 is 0 Å². The first-order valence-electron chi connectivity index (χ1n) is 10.9. The fourth-order valence-corrected chi connectivity index (χ4v) is 4.15. The lowest BCUT2D eigenvalue weighted by Crippen LogP contribution is -2.17. The Morgan fingerprint density at radius 2 is 1.84 bits per heavy atom. The van der Waals surface area contributed by atoms with Crippen molar-refractivity contribution in [2.24, 2.45) is 5.92 Å². The number of nitrogens with zero attached hydrogens (tertiary/aromatic N) is 2. The molecule has 1 aliphatic carbocycles. The molecule has 4 rings (SSSR count). The molecule has 0 radical (unpaired) electrons. The number of nitrogens with one attached hydrogen (secondary N) is 2. The minimum Gasteiger partial charge on any atom is -0.407 e. The van der Waals surface area contributed by atoms with Gasteiger partial charge in [0.15, 0.2) is 5.58 Å². The van der Waals surface area contributed by atoms with Gasteiger partial charge in [0.2, 0.25) is 5.91 Å². The number of hydrogen-bond donors (Lipinski definition) is 2. The Balaban J connectivity index is 1.26. The minimum atomic E-state index is -0.596. The number of hydrogen-bond acceptors (Lipinski definition) is 6. The van der Waals surface area contributed by atoms with Crippen molar-refractivity contribution in [2.45, 2.75) is 45.1 Å². The predicted molar refractivity (Wildman–Crippen MR) is 122 cm³/mol. The normalized spacial score (nSPS) is 14.0. The van der Waals surface area contributed by atoms with E-state index >= 15 is 0 Å².